The number of hydrogen-bond donors (Lipinski definition) is 3. The number of nitrogens with one attached hydrogen (secondary N) is 2. The minimum absolute atomic E-state index is 0.283. The molecular weight excluding hydrogens is 533 g/mol. The highest BCUT2D eigenvalue weighted by Gasteiger charge is 2.48. The standard InChI is InChI=1S/C31H31F3N4O3/c1-41-23-7-8-24-26(15-23)36-29-27(17-39)38(30(40)35-22-5-2-20(32)3-6-22)18-31(28(24)29)10-12-37(13-11-31)16-19-14-21(33)4-9-25(19)34/h2-9,14-15,27,36,39H,10-13,16-18H2,1H3,(H,35,40)/t27-/m0/s1. The fourth-order valence-corrected chi connectivity index (χ4v) is 6.40. The number of aromatic nitrogens is 1. The molecule has 1 spiro atoms. The zero-order valence-electron chi connectivity index (χ0n) is 22.6. The molecule has 2 amide bonds. The highest BCUT2D eigenvalue weighted by molar-refractivity contribution is 5.92. The van der Waals surface area contributed by atoms with Crippen molar-refractivity contribution in [2.75, 3.05) is 38.7 Å². The number of fused-ring (bicyclic) bond motifs is 4. The number of piperidine rings is 1. The van der Waals surface area contributed by atoms with E-state index in [1.165, 1.54) is 30.3 Å². The fraction of sp³-hybridized carbons (Fsp3) is 0.323. The molecule has 3 aromatic carbocycles. The minimum Gasteiger partial charge on any atom is -0.497 e. The van der Waals surface area contributed by atoms with Crippen LogP contribution in [0.1, 0.15) is 35.7 Å². The molecule has 2 aliphatic heterocycles. The summed E-state index contributed by atoms with van der Waals surface area (Å²) >= 11 is 0. The lowest BCUT2D eigenvalue weighted by molar-refractivity contribution is 0.0704. The van der Waals surface area contributed by atoms with Gasteiger partial charge in [0.25, 0.3) is 0 Å². The number of aromatic amines is 1. The van der Waals surface area contributed by atoms with Gasteiger partial charge in [-0.2, -0.15) is 0 Å². The largest absolute Gasteiger partial charge is 0.497 e. The molecule has 1 saturated heterocycles. The van der Waals surface area contributed by atoms with E-state index in [1.807, 2.05) is 18.2 Å². The van der Waals surface area contributed by atoms with Crippen LogP contribution in [-0.4, -0.2) is 59.3 Å². The molecule has 214 valence electrons. The number of ether oxygens (including phenoxy) is 1. The van der Waals surface area contributed by atoms with Crippen molar-refractivity contribution in [2.45, 2.75) is 30.8 Å². The molecule has 1 atom stereocenters. The number of amides is 2. The van der Waals surface area contributed by atoms with Crippen molar-refractivity contribution < 1.29 is 27.8 Å². The number of rotatable bonds is 5. The summed E-state index contributed by atoms with van der Waals surface area (Å²) in [5.74, 6) is -0.634. The first-order chi connectivity index (χ1) is 19.8. The molecule has 4 aromatic rings. The molecule has 0 saturated carbocycles. The molecule has 7 nitrogen and oxygen atoms in total. The van der Waals surface area contributed by atoms with E-state index in [0.29, 0.717) is 49.5 Å². The van der Waals surface area contributed by atoms with Crippen LogP contribution in [0.25, 0.3) is 10.9 Å². The van der Waals surface area contributed by atoms with Crippen molar-refractivity contribution >= 4 is 22.6 Å². The second kappa shape index (κ2) is 10.8. The number of hydrogen-bond acceptors (Lipinski definition) is 4. The van der Waals surface area contributed by atoms with Crippen LogP contribution in [0.15, 0.2) is 60.7 Å². The van der Waals surface area contributed by atoms with Crippen LogP contribution < -0.4 is 10.1 Å². The molecule has 3 N–H and O–H groups in total. The molecular formula is C31H31F3N4O3. The summed E-state index contributed by atoms with van der Waals surface area (Å²) < 4.78 is 47.1. The molecule has 0 bridgehead atoms. The average molecular weight is 565 g/mol. The normalized spacial score (nSPS) is 18.5. The van der Waals surface area contributed by atoms with Gasteiger partial charge < -0.3 is 25.0 Å². The summed E-state index contributed by atoms with van der Waals surface area (Å²) in [7, 11) is 1.60. The number of aliphatic hydroxyl groups excluding tert-OH is 1. The summed E-state index contributed by atoms with van der Waals surface area (Å²) in [6.45, 7) is 1.55. The van der Waals surface area contributed by atoms with Crippen molar-refractivity contribution in [1.29, 1.82) is 0 Å². The van der Waals surface area contributed by atoms with Gasteiger partial charge in [0.15, 0.2) is 0 Å². The molecule has 1 aromatic heterocycles. The van der Waals surface area contributed by atoms with Gasteiger partial charge in [-0.3, -0.25) is 4.90 Å². The Kier molecular flexibility index (Phi) is 7.13. The van der Waals surface area contributed by atoms with E-state index in [9.17, 15) is 23.1 Å². The number of nitrogens with zero attached hydrogens (tertiary/aromatic N) is 2. The Labute approximate surface area is 235 Å². The molecule has 0 aliphatic carbocycles. The smallest absolute Gasteiger partial charge is 0.322 e. The number of anilines is 1. The van der Waals surface area contributed by atoms with E-state index in [0.717, 1.165) is 34.3 Å². The van der Waals surface area contributed by atoms with Gasteiger partial charge in [0.2, 0.25) is 0 Å². The predicted octanol–water partition coefficient (Wildman–Crippen LogP) is 5.71. The number of urea groups is 1. The topological polar surface area (TPSA) is 80.8 Å². The van der Waals surface area contributed by atoms with Crippen LogP contribution in [0, 0.1) is 17.5 Å². The van der Waals surface area contributed by atoms with Crippen molar-refractivity contribution in [3.8, 4) is 5.75 Å². The number of benzene rings is 3. The number of carbonyl (C=O) groups is 1. The zero-order valence-corrected chi connectivity index (χ0v) is 22.6. The van der Waals surface area contributed by atoms with Crippen LogP contribution in [-0.2, 0) is 12.0 Å². The number of carbonyl (C=O) groups excluding carboxylic acids is 1. The maximum absolute atomic E-state index is 14.4. The lowest BCUT2D eigenvalue weighted by atomic mass is 9.68. The average Bonchev–Trinajstić information content (AvgIpc) is 3.37. The molecule has 0 radical (unpaired) electrons. The van der Waals surface area contributed by atoms with Gasteiger partial charge in [0, 0.05) is 52.4 Å². The second-order valence-corrected chi connectivity index (χ2v) is 10.9. The van der Waals surface area contributed by atoms with E-state index < -0.39 is 34.9 Å². The Balaban J connectivity index is 1.35. The third kappa shape index (κ3) is 5.02. The Bertz CT molecular complexity index is 1580. The van der Waals surface area contributed by atoms with Crippen molar-refractivity contribution in [2.24, 2.45) is 0 Å². The Hall–Kier alpha value is -4.02. The number of halogens is 3. The summed E-state index contributed by atoms with van der Waals surface area (Å²) in [6, 6.07) is 13.8. The SMILES string of the molecule is COc1ccc2c3c([nH]c2c1)[C@H](CO)N(C(=O)Nc1ccc(F)cc1)CC31CCN(Cc2cc(F)ccc2F)CC1. The first kappa shape index (κ1) is 27.2. The summed E-state index contributed by atoms with van der Waals surface area (Å²) in [5, 5.41) is 14.4. The number of H-pyrrole nitrogens is 1. The minimum atomic E-state index is -0.631. The van der Waals surface area contributed by atoms with Gasteiger partial charge in [-0.05, 0) is 86.1 Å². The third-order valence-electron chi connectivity index (χ3n) is 8.49. The monoisotopic (exact) mass is 564 g/mol. The quantitative estimate of drug-likeness (QED) is 0.290. The van der Waals surface area contributed by atoms with Crippen LogP contribution in [0.3, 0.4) is 0 Å². The highest BCUT2D eigenvalue weighted by Crippen LogP contribution is 2.49. The Morgan fingerprint density at radius 2 is 1.78 bits per heavy atom. The van der Waals surface area contributed by atoms with Gasteiger partial charge in [-0.1, -0.05) is 0 Å². The van der Waals surface area contributed by atoms with E-state index in [4.69, 9.17) is 4.74 Å². The van der Waals surface area contributed by atoms with Crippen LogP contribution in [0.4, 0.5) is 23.7 Å². The molecule has 1 fully saturated rings. The number of methoxy groups -OCH3 is 1. The van der Waals surface area contributed by atoms with E-state index >= 15 is 0 Å². The van der Waals surface area contributed by atoms with Crippen LogP contribution in [0.2, 0.25) is 0 Å². The van der Waals surface area contributed by atoms with Crippen molar-refractivity contribution in [3.05, 3.63) is 94.9 Å². The zero-order chi connectivity index (χ0) is 28.7. The summed E-state index contributed by atoms with van der Waals surface area (Å²) in [6.07, 6.45) is 1.32. The molecule has 2 aliphatic rings. The van der Waals surface area contributed by atoms with Gasteiger partial charge in [-0.15, -0.1) is 0 Å². The van der Waals surface area contributed by atoms with Gasteiger partial charge in [0.1, 0.15) is 23.2 Å². The predicted molar refractivity (Wildman–Crippen MR) is 149 cm³/mol. The molecule has 6 rings (SSSR count). The first-order valence-corrected chi connectivity index (χ1v) is 13.6. The van der Waals surface area contributed by atoms with Gasteiger partial charge in [-0.25, -0.2) is 18.0 Å². The van der Waals surface area contributed by atoms with Crippen LogP contribution >= 0.6 is 0 Å². The second-order valence-electron chi connectivity index (χ2n) is 10.9. The summed E-state index contributed by atoms with van der Waals surface area (Å²) in [5.41, 5.74) is 2.98. The number of aliphatic hydroxyl groups is 1. The Morgan fingerprint density at radius 3 is 2.49 bits per heavy atom. The van der Waals surface area contributed by atoms with E-state index in [-0.39, 0.29) is 13.2 Å². The maximum atomic E-state index is 14.4. The van der Waals surface area contributed by atoms with Gasteiger partial charge >= 0.3 is 6.03 Å². The van der Waals surface area contributed by atoms with Crippen molar-refractivity contribution in [3.63, 3.8) is 0 Å². The molecule has 0 unspecified atom stereocenters. The van der Waals surface area contributed by atoms with E-state index in [2.05, 4.69) is 15.2 Å². The van der Waals surface area contributed by atoms with E-state index in [1.54, 1.807) is 12.0 Å². The Morgan fingerprint density at radius 1 is 1.05 bits per heavy atom. The number of likely N-dealkylation sites (tertiary alicyclic amines) is 1. The van der Waals surface area contributed by atoms with Crippen molar-refractivity contribution in [1.82, 2.24) is 14.8 Å². The first-order valence-electron chi connectivity index (χ1n) is 13.6. The maximum Gasteiger partial charge on any atom is 0.322 e. The lowest BCUT2D eigenvalue weighted by Crippen LogP contribution is -2.56. The van der Waals surface area contributed by atoms with Crippen LogP contribution in [0.5, 0.6) is 5.75 Å². The molecule has 10 heteroatoms. The summed E-state index contributed by atoms with van der Waals surface area (Å²) in [4.78, 5) is 20.8. The lowest BCUT2D eigenvalue weighted by Gasteiger charge is -2.50. The molecule has 3 heterocycles. The fourth-order valence-electron chi connectivity index (χ4n) is 6.40. The molecule has 41 heavy (non-hydrogen) atoms. The van der Waals surface area contributed by atoms with Gasteiger partial charge in [0.05, 0.1) is 19.8 Å². The highest BCUT2D eigenvalue weighted by atomic mass is 19.1. The third-order valence-corrected chi connectivity index (χ3v) is 8.49.